The molecular formula is C13H12BrFN2O. The normalized spacial score (nSPS) is 10.4. The van der Waals surface area contributed by atoms with Gasteiger partial charge in [-0.2, -0.15) is 0 Å². The van der Waals surface area contributed by atoms with Gasteiger partial charge in [0.1, 0.15) is 12.4 Å². The summed E-state index contributed by atoms with van der Waals surface area (Å²) in [5, 5.41) is 0. The molecule has 0 saturated heterocycles. The largest absolute Gasteiger partial charge is 0.485 e. The van der Waals surface area contributed by atoms with Crippen molar-refractivity contribution in [2.45, 2.75) is 13.5 Å². The van der Waals surface area contributed by atoms with Gasteiger partial charge in [-0.25, -0.2) is 9.37 Å². The maximum atomic E-state index is 13.1. The molecule has 0 saturated carbocycles. The van der Waals surface area contributed by atoms with Crippen LogP contribution in [0.15, 0.2) is 34.8 Å². The fourth-order valence-electron chi connectivity index (χ4n) is 1.48. The van der Waals surface area contributed by atoms with Crippen LogP contribution in [0.25, 0.3) is 0 Å². The van der Waals surface area contributed by atoms with Crippen LogP contribution >= 0.6 is 15.9 Å². The van der Waals surface area contributed by atoms with Gasteiger partial charge in [0.25, 0.3) is 0 Å². The Kier molecular flexibility index (Phi) is 3.81. The van der Waals surface area contributed by atoms with E-state index in [2.05, 4.69) is 20.9 Å². The molecule has 2 aromatic rings. The average Bonchev–Trinajstić information content (AvgIpc) is 2.32. The van der Waals surface area contributed by atoms with E-state index in [-0.39, 0.29) is 5.82 Å². The Labute approximate surface area is 113 Å². The SMILES string of the molecule is Cc1ccc(OCc2ccc(F)c(Br)c2)c(N)n1. The van der Waals surface area contributed by atoms with Crippen molar-refractivity contribution < 1.29 is 9.13 Å². The average molecular weight is 311 g/mol. The smallest absolute Gasteiger partial charge is 0.166 e. The molecule has 1 heterocycles. The second-order valence-electron chi connectivity index (χ2n) is 3.87. The number of hydrogen-bond donors (Lipinski definition) is 1. The lowest BCUT2D eigenvalue weighted by Crippen LogP contribution is -2.01. The number of halogens is 2. The highest BCUT2D eigenvalue weighted by atomic mass is 79.9. The fraction of sp³-hybridized carbons (Fsp3) is 0.154. The fourth-order valence-corrected chi connectivity index (χ4v) is 1.90. The zero-order chi connectivity index (χ0) is 13.1. The summed E-state index contributed by atoms with van der Waals surface area (Å²) >= 11 is 3.13. The number of ether oxygens (including phenoxy) is 1. The van der Waals surface area contributed by atoms with Gasteiger partial charge >= 0.3 is 0 Å². The molecule has 1 aromatic heterocycles. The molecule has 0 aliphatic rings. The van der Waals surface area contributed by atoms with E-state index >= 15 is 0 Å². The van der Waals surface area contributed by atoms with Crippen LogP contribution in [0.4, 0.5) is 10.2 Å². The van der Waals surface area contributed by atoms with Crippen LogP contribution in [0.3, 0.4) is 0 Å². The summed E-state index contributed by atoms with van der Waals surface area (Å²) in [7, 11) is 0. The third kappa shape index (κ3) is 2.98. The zero-order valence-electron chi connectivity index (χ0n) is 9.78. The molecule has 1 aromatic carbocycles. The molecule has 0 unspecified atom stereocenters. The van der Waals surface area contributed by atoms with Crippen molar-refractivity contribution in [2.75, 3.05) is 5.73 Å². The second-order valence-corrected chi connectivity index (χ2v) is 4.73. The molecule has 2 N–H and O–H groups in total. The molecule has 5 heteroatoms. The number of nitrogen functional groups attached to an aromatic ring is 1. The van der Waals surface area contributed by atoms with E-state index in [1.165, 1.54) is 6.07 Å². The summed E-state index contributed by atoms with van der Waals surface area (Å²) in [6.07, 6.45) is 0. The number of nitrogens with zero attached hydrogens (tertiary/aromatic N) is 1. The summed E-state index contributed by atoms with van der Waals surface area (Å²) in [5.41, 5.74) is 7.42. The van der Waals surface area contributed by atoms with Gasteiger partial charge in [-0.1, -0.05) is 6.07 Å². The summed E-state index contributed by atoms with van der Waals surface area (Å²) in [6, 6.07) is 8.33. The van der Waals surface area contributed by atoms with Crippen LogP contribution in [-0.2, 0) is 6.61 Å². The lowest BCUT2D eigenvalue weighted by atomic mass is 10.2. The maximum absolute atomic E-state index is 13.1. The first-order chi connectivity index (χ1) is 8.56. The van der Waals surface area contributed by atoms with Gasteiger partial charge in [0.05, 0.1) is 4.47 Å². The van der Waals surface area contributed by atoms with Crippen LogP contribution in [0, 0.1) is 12.7 Å². The van der Waals surface area contributed by atoms with E-state index < -0.39 is 0 Å². The number of benzene rings is 1. The molecule has 18 heavy (non-hydrogen) atoms. The van der Waals surface area contributed by atoms with Gasteiger partial charge in [-0.05, 0) is 52.7 Å². The number of aromatic nitrogens is 1. The van der Waals surface area contributed by atoms with Crippen LogP contribution in [0.2, 0.25) is 0 Å². The van der Waals surface area contributed by atoms with Crippen LogP contribution in [0.5, 0.6) is 5.75 Å². The molecule has 0 radical (unpaired) electrons. The Morgan fingerprint density at radius 1 is 1.33 bits per heavy atom. The predicted octanol–water partition coefficient (Wildman–Crippen LogP) is 3.45. The Hall–Kier alpha value is -1.62. The van der Waals surface area contributed by atoms with E-state index in [0.29, 0.717) is 22.6 Å². The van der Waals surface area contributed by atoms with Gasteiger partial charge in [0.2, 0.25) is 0 Å². The number of rotatable bonds is 3. The van der Waals surface area contributed by atoms with Crippen LogP contribution in [0.1, 0.15) is 11.3 Å². The standard InChI is InChI=1S/C13H12BrFN2O/c1-8-2-5-12(13(16)17-8)18-7-9-3-4-11(15)10(14)6-9/h2-6H,7H2,1H3,(H2,16,17). The molecule has 0 bridgehead atoms. The molecule has 0 amide bonds. The first-order valence-electron chi connectivity index (χ1n) is 5.36. The molecular weight excluding hydrogens is 299 g/mol. The predicted molar refractivity (Wildman–Crippen MR) is 71.8 cm³/mol. The second kappa shape index (κ2) is 5.35. The van der Waals surface area contributed by atoms with Gasteiger partial charge in [-0.15, -0.1) is 0 Å². The Morgan fingerprint density at radius 2 is 2.11 bits per heavy atom. The van der Waals surface area contributed by atoms with Gasteiger partial charge in [0, 0.05) is 5.69 Å². The van der Waals surface area contributed by atoms with E-state index in [9.17, 15) is 4.39 Å². The quantitative estimate of drug-likeness (QED) is 0.944. The monoisotopic (exact) mass is 310 g/mol. The summed E-state index contributed by atoms with van der Waals surface area (Å²) in [5.74, 6) is 0.590. The lowest BCUT2D eigenvalue weighted by Gasteiger charge is -2.09. The van der Waals surface area contributed by atoms with Crippen molar-refractivity contribution in [2.24, 2.45) is 0 Å². The molecule has 94 valence electrons. The molecule has 0 fully saturated rings. The van der Waals surface area contributed by atoms with E-state index in [1.54, 1.807) is 18.2 Å². The minimum atomic E-state index is -0.296. The van der Waals surface area contributed by atoms with Crippen molar-refractivity contribution in [1.29, 1.82) is 0 Å². The summed E-state index contributed by atoms with van der Waals surface area (Å²) in [6.45, 7) is 2.17. The maximum Gasteiger partial charge on any atom is 0.166 e. The topological polar surface area (TPSA) is 48.1 Å². The third-order valence-electron chi connectivity index (χ3n) is 2.40. The zero-order valence-corrected chi connectivity index (χ0v) is 11.4. The Morgan fingerprint density at radius 3 is 2.78 bits per heavy atom. The molecule has 0 aliphatic carbocycles. The van der Waals surface area contributed by atoms with Gasteiger partial charge in [-0.3, -0.25) is 0 Å². The number of nitrogens with two attached hydrogens (primary N) is 1. The van der Waals surface area contributed by atoms with E-state index in [4.69, 9.17) is 10.5 Å². The number of hydrogen-bond acceptors (Lipinski definition) is 3. The molecule has 0 spiro atoms. The van der Waals surface area contributed by atoms with Crippen molar-refractivity contribution in [3.05, 3.63) is 51.9 Å². The van der Waals surface area contributed by atoms with E-state index in [1.807, 2.05) is 13.0 Å². The number of anilines is 1. The Bertz CT molecular complexity index is 575. The third-order valence-corrected chi connectivity index (χ3v) is 3.01. The highest BCUT2D eigenvalue weighted by Crippen LogP contribution is 2.22. The van der Waals surface area contributed by atoms with E-state index in [0.717, 1.165) is 11.3 Å². The summed E-state index contributed by atoms with van der Waals surface area (Å²) in [4.78, 5) is 4.10. The lowest BCUT2D eigenvalue weighted by molar-refractivity contribution is 0.306. The molecule has 0 atom stereocenters. The number of pyridine rings is 1. The highest BCUT2D eigenvalue weighted by molar-refractivity contribution is 9.10. The van der Waals surface area contributed by atoms with Gasteiger partial charge < -0.3 is 10.5 Å². The molecule has 2 rings (SSSR count). The van der Waals surface area contributed by atoms with Crippen molar-refractivity contribution in [1.82, 2.24) is 4.98 Å². The minimum Gasteiger partial charge on any atom is -0.485 e. The summed E-state index contributed by atoms with van der Waals surface area (Å²) < 4.78 is 19.0. The number of aryl methyl sites for hydroxylation is 1. The van der Waals surface area contributed by atoms with Crippen molar-refractivity contribution >= 4 is 21.7 Å². The van der Waals surface area contributed by atoms with Crippen molar-refractivity contribution in [3.63, 3.8) is 0 Å². The van der Waals surface area contributed by atoms with Gasteiger partial charge in [0.15, 0.2) is 11.6 Å². The minimum absolute atomic E-state index is 0.296. The van der Waals surface area contributed by atoms with Crippen molar-refractivity contribution in [3.8, 4) is 5.75 Å². The van der Waals surface area contributed by atoms with Crippen LogP contribution in [-0.4, -0.2) is 4.98 Å². The first kappa shape index (κ1) is 12.8. The molecule has 0 aliphatic heterocycles. The first-order valence-corrected chi connectivity index (χ1v) is 6.15. The van der Waals surface area contributed by atoms with Crippen LogP contribution < -0.4 is 10.5 Å². The highest BCUT2D eigenvalue weighted by Gasteiger charge is 2.04. The Balaban J connectivity index is 2.09. The molecule has 3 nitrogen and oxygen atoms in total.